The Hall–Kier alpha value is -3.80. The number of hydrogen-bond donors (Lipinski definition) is 4. The van der Waals surface area contributed by atoms with Gasteiger partial charge in [0.2, 0.25) is 23.6 Å². The number of quaternary nitrogens is 1. The van der Waals surface area contributed by atoms with Gasteiger partial charge in [-0.3, -0.25) is 19.2 Å². The second-order valence-corrected chi connectivity index (χ2v) is 10.4. The summed E-state index contributed by atoms with van der Waals surface area (Å²) < 4.78 is 0. The van der Waals surface area contributed by atoms with Crippen molar-refractivity contribution in [1.29, 1.82) is 0 Å². The number of benzene rings is 2. The lowest BCUT2D eigenvalue weighted by molar-refractivity contribution is -0.367. The maximum atomic E-state index is 14.1. The van der Waals surface area contributed by atoms with Gasteiger partial charge in [0.25, 0.3) is 0 Å². The molecule has 4 amide bonds. The van der Waals surface area contributed by atoms with Crippen molar-refractivity contribution in [2.24, 2.45) is 11.5 Å². The maximum Gasteiger partial charge on any atom is 0.243 e. The molecular formula is C31H48N7O4+. The third-order valence-corrected chi connectivity index (χ3v) is 7.21. The molecule has 2 aromatic carbocycles. The highest BCUT2D eigenvalue weighted by molar-refractivity contribution is 5.90. The van der Waals surface area contributed by atoms with Crippen LogP contribution in [0.25, 0.3) is 0 Å². The lowest BCUT2D eigenvalue weighted by Gasteiger charge is -2.35. The number of primary amides is 1. The molecule has 0 bridgehead atoms. The minimum Gasteiger partial charge on any atom is -0.368 e. The predicted molar refractivity (Wildman–Crippen MR) is 162 cm³/mol. The zero-order valence-corrected chi connectivity index (χ0v) is 25.0. The van der Waals surface area contributed by atoms with Gasteiger partial charge in [0.05, 0.1) is 31.7 Å². The third-order valence-electron chi connectivity index (χ3n) is 7.21. The van der Waals surface area contributed by atoms with Gasteiger partial charge < -0.3 is 37.2 Å². The van der Waals surface area contributed by atoms with Gasteiger partial charge in [-0.1, -0.05) is 60.7 Å². The van der Waals surface area contributed by atoms with Crippen LogP contribution in [-0.2, 0) is 19.2 Å². The maximum absolute atomic E-state index is 14.1. The molecule has 11 nitrogen and oxygen atoms in total. The van der Waals surface area contributed by atoms with E-state index in [0.29, 0.717) is 32.5 Å². The van der Waals surface area contributed by atoms with Crippen LogP contribution in [0, 0.1) is 0 Å². The zero-order valence-electron chi connectivity index (χ0n) is 25.0. The average molecular weight is 583 g/mol. The van der Waals surface area contributed by atoms with Crippen molar-refractivity contribution in [1.82, 2.24) is 20.0 Å². The lowest BCUT2D eigenvalue weighted by Crippen LogP contribution is -2.52. The fourth-order valence-electron chi connectivity index (χ4n) is 4.66. The standard InChI is InChI=1S/C31H47N7O4/c1-24(26-12-5-3-6-13-26)37(29(40)20-35-18-11-17-33)23-31(42)38(25(2)27-14-7-4-8-15-27)22-30(41)36(21-28(34)39)19-10-9-16-32/h3-8,12-15,24-25,35H,9-11,16-23,32-33H2,1-2H3,(H2,34,39)/p+1/t24-,25+/m0/s1. The second kappa shape index (κ2) is 18.6. The number of hydrogen-bond acceptors (Lipinski definition) is 6. The first-order valence-corrected chi connectivity index (χ1v) is 14.6. The molecule has 0 aliphatic rings. The Bertz CT molecular complexity index is 1120. The molecule has 0 aromatic heterocycles. The largest absolute Gasteiger partial charge is 0.368 e. The summed E-state index contributed by atoms with van der Waals surface area (Å²) in [5.41, 5.74) is 16.6. The van der Waals surface area contributed by atoms with Crippen molar-refractivity contribution >= 4 is 23.6 Å². The van der Waals surface area contributed by atoms with Crippen LogP contribution < -0.4 is 22.5 Å². The number of amides is 4. The molecule has 2 rings (SSSR count). The average Bonchev–Trinajstić information content (AvgIpc) is 3.00. The highest BCUT2D eigenvalue weighted by Crippen LogP contribution is 2.24. The van der Waals surface area contributed by atoms with Crippen molar-refractivity contribution in [2.45, 2.75) is 45.2 Å². The van der Waals surface area contributed by atoms with Crippen LogP contribution in [0.2, 0.25) is 0 Å². The fourth-order valence-corrected chi connectivity index (χ4v) is 4.66. The molecular weight excluding hydrogens is 534 g/mol. The highest BCUT2D eigenvalue weighted by atomic mass is 16.2. The van der Waals surface area contributed by atoms with Crippen LogP contribution >= 0.6 is 0 Å². The molecule has 0 radical (unpaired) electrons. The number of rotatable bonds is 19. The van der Waals surface area contributed by atoms with E-state index >= 15 is 0 Å². The number of nitrogens with two attached hydrogens (primary N) is 2. The minimum atomic E-state index is -0.634. The molecule has 42 heavy (non-hydrogen) atoms. The molecule has 8 N–H and O–H groups in total. The van der Waals surface area contributed by atoms with Gasteiger partial charge in [-0.25, -0.2) is 0 Å². The van der Waals surface area contributed by atoms with Crippen LogP contribution in [0.4, 0.5) is 0 Å². The van der Waals surface area contributed by atoms with E-state index in [-0.39, 0.29) is 44.0 Å². The molecule has 230 valence electrons. The van der Waals surface area contributed by atoms with Crippen molar-refractivity contribution < 1.29 is 24.9 Å². The molecule has 0 aliphatic heterocycles. The first-order chi connectivity index (χ1) is 20.2. The molecule has 0 aliphatic carbocycles. The van der Waals surface area contributed by atoms with Gasteiger partial charge in [0.15, 0.2) is 0 Å². The summed E-state index contributed by atoms with van der Waals surface area (Å²) >= 11 is 0. The van der Waals surface area contributed by atoms with Crippen LogP contribution in [0.1, 0.15) is 56.3 Å². The SMILES string of the molecule is C[C@H](c1ccccc1)N(CC(=O)N(CCCCN)CC(N)=O)C(=O)CN(C(=O)CNCCC[NH3+])[C@@H](C)c1ccccc1. The first-order valence-electron chi connectivity index (χ1n) is 14.6. The van der Waals surface area contributed by atoms with Crippen LogP contribution in [0.15, 0.2) is 60.7 Å². The summed E-state index contributed by atoms with van der Waals surface area (Å²) in [7, 11) is 0. The lowest BCUT2D eigenvalue weighted by atomic mass is 10.1. The Kier molecular flexibility index (Phi) is 15.2. The van der Waals surface area contributed by atoms with Crippen molar-refractivity contribution in [3.05, 3.63) is 71.8 Å². The molecule has 0 heterocycles. The van der Waals surface area contributed by atoms with Gasteiger partial charge in [-0.05, 0) is 44.4 Å². The van der Waals surface area contributed by atoms with Crippen LogP contribution in [0.3, 0.4) is 0 Å². The van der Waals surface area contributed by atoms with E-state index in [1.54, 1.807) is 4.90 Å². The normalized spacial score (nSPS) is 12.3. The second-order valence-electron chi connectivity index (χ2n) is 10.4. The van der Waals surface area contributed by atoms with E-state index in [4.69, 9.17) is 11.5 Å². The van der Waals surface area contributed by atoms with E-state index < -0.39 is 17.9 Å². The van der Waals surface area contributed by atoms with Crippen LogP contribution in [-0.4, -0.2) is 90.7 Å². The summed E-state index contributed by atoms with van der Waals surface area (Å²) in [5, 5.41) is 3.14. The predicted octanol–water partition coefficient (Wildman–Crippen LogP) is 0.440. The Balaban J connectivity index is 2.37. The molecule has 11 heteroatoms. The Morgan fingerprint density at radius 2 is 1.29 bits per heavy atom. The summed E-state index contributed by atoms with van der Waals surface area (Å²) in [4.78, 5) is 57.2. The summed E-state index contributed by atoms with van der Waals surface area (Å²) in [6, 6.07) is 18.1. The van der Waals surface area contributed by atoms with E-state index in [9.17, 15) is 19.2 Å². The van der Waals surface area contributed by atoms with Crippen LogP contribution in [0.5, 0.6) is 0 Å². The third kappa shape index (κ3) is 11.2. The molecule has 2 atom stereocenters. The fraction of sp³-hybridized carbons (Fsp3) is 0.484. The van der Waals surface area contributed by atoms with E-state index in [1.165, 1.54) is 9.80 Å². The van der Waals surface area contributed by atoms with Gasteiger partial charge in [0.1, 0.15) is 13.1 Å². The Morgan fingerprint density at radius 3 is 1.79 bits per heavy atom. The summed E-state index contributed by atoms with van der Waals surface area (Å²) in [6.45, 7) is 5.22. The number of carbonyl (C=O) groups is 4. The summed E-state index contributed by atoms with van der Waals surface area (Å²) in [6.07, 6.45) is 2.12. The van der Waals surface area contributed by atoms with Gasteiger partial charge >= 0.3 is 0 Å². The molecule has 2 aromatic rings. The smallest absolute Gasteiger partial charge is 0.243 e. The monoisotopic (exact) mass is 582 g/mol. The zero-order chi connectivity index (χ0) is 30.9. The first kappa shape index (κ1) is 34.4. The molecule has 0 spiro atoms. The van der Waals surface area contributed by atoms with E-state index in [1.807, 2.05) is 74.5 Å². The van der Waals surface area contributed by atoms with Gasteiger partial charge in [-0.15, -0.1) is 0 Å². The van der Waals surface area contributed by atoms with Gasteiger partial charge in [0, 0.05) is 19.5 Å². The van der Waals surface area contributed by atoms with E-state index in [0.717, 1.165) is 24.1 Å². The Labute approximate surface area is 249 Å². The van der Waals surface area contributed by atoms with Crippen molar-refractivity contribution in [3.8, 4) is 0 Å². The van der Waals surface area contributed by atoms with Crippen molar-refractivity contribution in [2.75, 3.05) is 52.4 Å². The highest BCUT2D eigenvalue weighted by Gasteiger charge is 2.31. The Morgan fingerprint density at radius 1 is 0.762 bits per heavy atom. The summed E-state index contributed by atoms with van der Waals surface area (Å²) in [5.74, 6) is -1.63. The number of carbonyl (C=O) groups excluding carboxylic acids is 4. The van der Waals surface area contributed by atoms with E-state index in [2.05, 4.69) is 11.1 Å². The quantitative estimate of drug-likeness (QED) is 0.175. The van der Waals surface area contributed by atoms with Crippen molar-refractivity contribution in [3.63, 3.8) is 0 Å². The number of nitrogens with one attached hydrogen (secondary N) is 1. The van der Waals surface area contributed by atoms with Gasteiger partial charge in [-0.2, -0.15) is 0 Å². The number of unbranched alkanes of at least 4 members (excludes halogenated alkanes) is 1. The minimum absolute atomic E-state index is 0.0746. The topological polar surface area (TPSA) is 170 Å². The molecule has 0 unspecified atom stereocenters. The number of nitrogens with zero attached hydrogens (tertiary/aromatic N) is 3. The molecule has 0 saturated heterocycles. The molecule has 0 saturated carbocycles. The molecule has 0 fully saturated rings.